The Hall–Kier alpha value is -2.49. The molecule has 1 aromatic rings. The SMILES string of the molecule is O=C1CCC(N2Cc3c(NC(=O)CCOCCOCCCl)cccc3C2=O)C(=O)N1. The first-order valence-corrected chi connectivity index (χ1v) is 10.3. The van der Waals surface area contributed by atoms with Gasteiger partial charge in [0.05, 0.1) is 32.8 Å². The van der Waals surface area contributed by atoms with Gasteiger partial charge >= 0.3 is 0 Å². The number of fused-ring (bicyclic) bond motifs is 1. The molecule has 1 fully saturated rings. The highest BCUT2D eigenvalue weighted by molar-refractivity contribution is 6.18. The second kappa shape index (κ2) is 10.5. The van der Waals surface area contributed by atoms with E-state index in [1.54, 1.807) is 18.2 Å². The number of carbonyl (C=O) groups is 4. The lowest BCUT2D eigenvalue weighted by molar-refractivity contribution is -0.137. The number of halogens is 1. The average Bonchev–Trinajstić information content (AvgIpc) is 3.05. The molecule has 0 aliphatic carbocycles. The van der Waals surface area contributed by atoms with E-state index in [2.05, 4.69) is 10.6 Å². The molecule has 10 heteroatoms. The molecule has 2 heterocycles. The topological polar surface area (TPSA) is 114 Å². The maximum Gasteiger partial charge on any atom is 0.255 e. The van der Waals surface area contributed by atoms with Gasteiger partial charge in [0.15, 0.2) is 0 Å². The van der Waals surface area contributed by atoms with Gasteiger partial charge in [-0.25, -0.2) is 0 Å². The summed E-state index contributed by atoms with van der Waals surface area (Å²) in [4.78, 5) is 50.0. The Kier molecular flexibility index (Phi) is 7.78. The number of ether oxygens (including phenoxy) is 2. The Morgan fingerprint density at radius 3 is 2.67 bits per heavy atom. The highest BCUT2D eigenvalue weighted by atomic mass is 35.5. The summed E-state index contributed by atoms with van der Waals surface area (Å²) in [5.74, 6) is -0.896. The quantitative estimate of drug-likeness (QED) is 0.321. The van der Waals surface area contributed by atoms with Gasteiger partial charge < -0.3 is 19.7 Å². The lowest BCUT2D eigenvalue weighted by Crippen LogP contribution is -2.52. The van der Waals surface area contributed by atoms with Crippen LogP contribution in [0.5, 0.6) is 0 Å². The van der Waals surface area contributed by atoms with E-state index in [-0.39, 0.29) is 50.1 Å². The Bertz CT molecular complexity index is 831. The van der Waals surface area contributed by atoms with E-state index in [9.17, 15) is 19.2 Å². The number of amides is 4. The second-order valence-electron chi connectivity index (χ2n) is 6.94. The van der Waals surface area contributed by atoms with E-state index in [4.69, 9.17) is 21.1 Å². The van der Waals surface area contributed by atoms with Gasteiger partial charge in [0.2, 0.25) is 17.7 Å². The Morgan fingerprint density at radius 2 is 1.93 bits per heavy atom. The highest BCUT2D eigenvalue weighted by Gasteiger charge is 2.39. The van der Waals surface area contributed by atoms with Gasteiger partial charge in [-0.3, -0.25) is 24.5 Å². The number of benzene rings is 1. The fourth-order valence-electron chi connectivity index (χ4n) is 3.46. The normalized spacial score (nSPS) is 18.4. The third-order valence-electron chi connectivity index (χ3n) is 4.92. The summed E-state index contributed by atoms with van der Waals surface area (Å²) in [6, 6.07) is 4.38. The van der Waals surface area contributed by atoms with Crippen molar-refractivity contribution < 1.29 is 28.7 Å². The predicted octanol–water partition coefficient (Wildman–Crippen LogP) is 1.05. The van der Waals surface area contributed by atoms with Crippen LogP contribution < -0.4 is 10.6 Å². The van der Waals surface area contributed by atoms with Crippen molar-refractivity contribution >= 4 is 40.9 Å². The molecule has 1 saturated heterocycles. The van der Waals surface area contributed by atoms with Crippen LogP contribution in [0, 0.1) is 0 Å². The van der Waals surface area contributed by atoms with E-state index >= 15 is 0 Å². The molecule has 2 aliphatic heterocycles. The van der Waals surface area contributed by atoms with Crippen molar-refractivity contribution in [3.8, 4) is 0 Å². The van der Waals surface area contributed by atoms with Crippen LogP contribution in [0.1, 0.15) is 35.2 Å². The maximum atomic E-state index is 12.8. The number of nitrogens with zero attached hydrogens (tertiary/aromatic N) is 1. The minimum absolute atomic E-state index is 0.157. The van der Waals surface area contributed by atoms with Crippen LogP contribution in [-0.2, 0) is 30.4 Å². The largest absolute Gasteiger partial charge is 0.379 e. The summed E-state index contributed by atoms with van der Waals surface area (Å²) in [6.45, 7) is 1.69. The molecule has 2 aliphatic rings. The van der Waals surface area contributed by atoms with Crippen LogP contribution in [0.25, 0.3) is 0 Å². The van der Waals surface area contributed by atoms with Crippen molar-refractivity contribution in [2.45, 2.75) is 31.8 Å². The van der Waals surface area contributed by atoms with Crippen molar-refractivity contribution in [1.82, 2.24) is 10.2 Å². The first-order chi connectivity index (χ1) is 14.5. The Labute approximate surface area is 179 Å². The molecule has 0 aromatic heterocycles. The smallest absolute Gasteiger partial charge is 0.255 e. The second-order valence-corrected chi connectivity index (χ2v) is 7.32. The van der Waals surface area contributed by atoms with Gasteiger partial charge in [0, 0.05) is 35.7 Å². The number of nitrogens with one attached hydrogen (secondary N) is 2. The van der Waals surface area contributed by atoms with Crippen molar-refractivity contribution in [2.75, 3.05) is 37.6 Å². The fourth-order valence-corrected chi connectivity index (χ4v) is 3.57. The first kappa shape index (κ1) is 22.2. The van der Waals surface area contributed by atoms with Gasteiger partial charge in [0.25, 0.3) is 5.91 Å². The number of carbonyl (C=O) groups excluding carboxylic acids is 4. The van der Waals surface area contributed by atoms with Gasteiger partial charge in [-0.1, -0.05) is 6.07 Å². The standard InChI is InChI=1S/C20H24ClN3O6/c21-7-9-30-11-10-29-8-6-18(26)22-15-3-1-2-13-14(15)12-24(20(13)28)16-4-5-17(25)23-19(16)27/h1-3,16H,4-12H2,(H,22,26)(H,23,25,27). The van der Waals surface area contributed by atoms with Crippen molar-refractivity contribution in [3.63, 3.8) is 0 Å². The summed E-state index contributed by atoms with van der Waals surface area (Å²) in [7, 11) is 0. The number of anilines is 1. The lowest BCUT2D eigenvalue weighted by atomic mass is 10.0. The van der Waals surface area contributed by atoms with Crippen LogP contribution in [0.2, 0.25) is 0 Å². The zero-order valence-corrected chi connectivity index (χ0v) is 17.2. The van der Waals surface area contributed by atoms with E-state index in [0.29, 0.717) is 42.5 Å². The summed E-state index contributed by atoms with van der Waals surface area (Å²) in [6.07, 6.45) is 0.638. The first-order valence-electron chi connectivity index (χ1n) is 9.79. The molecule has 30 heavy (non-hydrogen) atoms. The third kappa shape index (κ3) is 5.35. The molecule has 162 valence electrons. The van der Waals surface area contributed by atoms with Gasteiger partial charge in [0.1, 0.15) is 6.04 Å². The van der Waals surface area contributed by atoms with E-state index in [1.165, 1.54) is 4.90 Å². The van der Waals surface area contributed by atoms with Gasteiger partial charge in [-0.15, -0.1) is 11.6 Å². The molecule has 3 rings (SSSR count). The minimum Gasteiger partial charge on any atom is -0.379 e. The molecular weight excluding hydrogens is 414 g/mol. The molecule has 0 spiro atoms. The van der Waals surface area contributed by atoms with E-state index < -0.39 is 11.9 Å². The Balaban J connectivity index is 1.55. The zero-order valence-electron chi connectivity index (χ0n) is 16.4. The summed E-state index contributed by atoms with van der Waals surface area (Å²) < 4.78 is 10.5. The molecule has 0 saturated carbocycles. The average molecular weight is 438 g/mol. The van der Waals surface area contributed by atoms with Crippen LogP contribution in [-0.4, -0.2) is 66.9 Å². The molecule has 4 amide bonds. The highest BCUT2D eigenvalue weighted by Crippen LogP contribution is 2.32. The molecule has 0 radical (unpaired) electrons. The molecule has 2 N–H and O–H groups in total. The molecule has 1 unspecified atom stereocenters. The number of alkyl halides is 1. The van der Waals surface area contributed by atoms with Gasteiger partial charge in [-0.2, -0.15) is 0 Å². The lowest BCUT2D eigenvalue weighted by Gasteiger charge is -2.29. The number of hydrogen-bond donors (Lipinski definition) is 2. The summed E-state index contributed by atoms with van der Waals surface area (Å²) in [5, 5.41) is 5.09. The third-order valence-corrected chi connectivity index (χ3v) is 5.08. The summed E-state index contributed by atoms with van der Waals surface area (Å²) in [5.41, 5.74) is 1.65. The van der Waals surface area contributed by atoms with Crippen LogP contribution >= 0.6 is 11.6 Å². The maximum absolute atomic E-state index is 12.8. The predicted molar refractivity (Wildman–Crippen MR) is 108 cm³/mol. The number of hydrogen-bond acceptors (Lipinski definition) is 6. The monoisotopic (exact) mass is 437 g/mol. The number of piperidine rings is 1. The zero-order chi connectivity index (χ0) is 21.5. The molecular formula is C20H24ClN3O6. The molecule has 9 nitrogen and oxygen atoms in total. The van der Waals surface area contributed by atoms with Crippen LogP contribution in [0.15, 0.2) is 18.2 Å². The molecule has 1 atom stereocenters. The Morgan fingerprint density at radius 1 is 1.17 bits per heavy atom. The van der Waals surface area contributed by atoms with Crippen molar-refractivity contribution in [2.24, 2.45) is 0 Å². The van der Waals surface area contributed by atoms with E-state index in [1.807, 2.05) is 0 Å². The fraction of sp³-hybridized carbons (Fsp3) is 0.500. The number of imide groups is 1. The minimum atomic E-state index is -0.694. The van der Waals surface area contributed by atoms with Crippen LogP contribution in [0.3, 0.4) is 0 Å². The van der Waals surface area contributed by atoms with Crippen molar-refractivity contribution in [3.05, 3.63) is 29.3 Å². The van der Waals surface area contributed by atoms with Crippen molar-refractivity contribution in [1.29, 1.82) is 0 Å². The van der Waals surface area contributed by atoms with E-state index in [0.717, 1.165) is 0 Å². The molecule has 0 bridgehead atoms. The molecule has 1 aromatic carbocycles. The number of rotatable bonds is 10. The van der Waals surface area contributed by atoms with Crippen LogP contribution in [0.4, 0.5) is 5.69 Å². The van der Waals surface area contributed by atoms with Gasteiger partial charge in [-0.05, 0) is 18.6 Å². The summed E-state index contributed by atoms with van der Waals surface area (Å²) >= 11 is 5.50.